The lowest BCUT2D eigenvalue weighted by Crippen LogP contribution is -2.20. The summed E-state index contributed by atoms with van der Waals surface area (Å²) < 4.78 is 26.0. The van der Waals surface area contributed by atoms with E-state index in [4.69, 9.17) is 16.2 Å². The van der Waals surface area contributed by atoms with Gasteiger partial charge in [-0.2, -0.15) is 10.2 Å². The summed E-state index contributed by atoms with van der Waals surface area (Å²) in [7, 11) is 0. The number of hydrogen-bond acceptors (Lipinski definition) is 10. The molecule has 18 heteroatoms. The molecule has 1 aliphatic rings. The van der Waals surface area contributed by atoms with E-state index in [9.17, 15) is 23.6 Å². The third-order valence-electron chi connectivity index (χ3n) is 9.42. The Morgan fingerprint density at radius 3 is 2.25 bits per heavy atom. The fourth-order valence-electron chi connectivity index (χ4n) is 6.52. The van der Waals surface area contributed by atoms with Gasteiger partial charge in [-0.3, -0.25) is 33.9 Å². The minimum Gasteiger partial charge on any atom is -0.491 e. The van der Waals surface area contributed by atoms with E-state index in [0.29, 0.717) is 64.2 Å². The lowest BCUT2D eigenvalue weighted by atomic mass is 10.1. The Bertz CT molecular complexity index is 2540. The maximum Gasteiger partial charge on any atom is 0.276 e. The van der Waals surface area contributed by atoms with Gasteiger partial charge in [0.05, 0.1) is 42.0 Å². The van der Waals surface area contributed by atoms with Gasteiger partial charge in [0.2, 0.25) is 17.8 Å². The molecule has 17 nitrogen and oxygen atoms in total. The van der Waals surface area contributed by atoms with Gasteiger partial charge in [-0.05, 0) is 69.9 Å². The fraction of sp³-hybridized carbons (Fsp3) is 0.342. The van der Waals surface area contributed by atoms with E-state index in [0.717, 1.165) is 18.5 Å². The minimum atomic E-state index is -0.713. The molecule has 0 atom stereocenters. The average molecular weight is 765 g/mol. The number of imidazole rings is 2. The zero-order valence-corrected chi connectivity index (χ0v) is 31.2. The van der Waals surface area contributed by atoms with Crippen molar-refractivity contribution in [3.63, 3.8) is 0 Å². The van der Waals surface area contributed by atoms with Crippen LogP contribution in [0.4, 0.5) is 10.3 Å². The van der Waals surface area contributed by atoms with Gasteiger partial charge in [-0.25, -0.2) is 19.3 Å². The second-order valence-electron chi connectivity index (χ2n) is 13.7. The number of carbonyl (C=O) groups is 4. The number of Topliss-reactive ketones (excluding diaryl/α,β-unsaturated/α-hetero) is 1. The summed E-state index contributed by atoms with van der Waals surface area (Å²) in [6.07, 6.45) is 7.05. The minimum absolute atomic E-state index is 0.0636. The molecule has 0 aliphatic heterocycles. The van der Waals surface area contributed by atoms with Crippen LogP contribution in [0.1, 0.15) is 78.7 Å². The standard InChI is InChI=1S/C38H41FN12O5/c1-4-50-28(13-21(2)46-50)30(52)18-32-43-27-16-25(35(41)54)19-42-36(27)48(32)10-5-6-11-49-33-26(15-24(34(40)53)17-31(33)56-20-23-7-8-23)44-38(49)45-37(55)29-14-22(3)47-51(29)12-9-39/h5-6,13-17,19,23H,4,7-12,18,20H2,1-3H3,(H2,40,53)(H2,41,54)(H,44,45,55)/b6-5+. The second kappa shape index (κ2) is 15.6. The Morgan fingerprint density at radius 1 is 0.893 bits per heavy atom. The van der Waals surface area contributed by atoms with Crippen molar-refractivity contribution in [3.8, 4) is 5.75 Å². The van der Waals surface area contributed by atoms with E-state index < -0.39 is 24.4 Å². The zero-order valence-electron chi connectivity index (χ0n) is 31.2. The molecule has 5 N–H and O–H groups in total. The predicted octanol–water partition coefficient (Wildman–Crippen LogP) is 3.70. The number of nitrogens with zero attached hydrogens (tertiary/aromatic N) is 9. The van der Waals surface area contributed by atoms with Gasteiger partial charge in [0.1, 0.15) is 40.7 Å². The Hall–Kier alpha value is -6.72. The summed E-state index contributed by atoms with van der Waals surface area (Å²) in [6.45, 7) is 5.95. The molecular formula is C38H41FN12O5. The smallest absolute Gasteiger partial charge is 0.276 e. The molecule has 5 heterocycles. The number of amides is 3. The van der Waals surface area contributed by atoms with Crippen molar-refractivity contribution in [1.82, 2.24) is 43.6 Å². The number of anilines is 1. The molecule has 7 rings (SSSR count). The highest BCUT2D eigenvalue weighted by Crippen LogP contribution is 2.34. The summed E-state index contributed by atoms with van der Waals surface area (Å²) in [4.78, 5) is 65.3. The van der Waals surface area contributed by atoms with Crippen LogP contribution in [0.25, 0.3) is 22.2 Å². The quantitative estimate of drug-likeness (QED) is 0.0902. The van der Waals surface area contributed by atoms with E-state index >= 15 is 0 Å². The first-order valence-corrected chi connectivity index (χ1v) is 18.2. The van der Waals surface area contributed by atoms with Crippen LogP contribution in [0.15, 0.2) is 48.7 Å². The highest BCUT2D eigenvalue weighted by molar-refractivity contribution is 6.04. The van der Waals surface area contributed by atoms with Crippen LogP contribution in [0.5, 0.6) is 5.75 Å². The first kappa shape index (κ1) is 37.6. The van der Waals surface area contributed by atoms with Crippen molar-refractivity contribution in [1.29, 1.82) is 0 Å². The lowest BCUT2D eigenvalue weighted by Gasteiger charge is -2.13. The number of rotatable bonds is 17. The van der Waals surface area contributed by atoms with Gasteiger partial charge >= 0.3 is 0 Å². The number of aromatic nitrogens is 9. The summed E-state index contributed by atoms with van der Waals surface area (Å²) in [6, 6.07) is 7.94. The molecule has 56 heavy (non-hydrogen) atoms. The normalized spacial score (nSPS) is 12.9. The maximum absolute atomic E-state index is 13.6. The van der Waals surface area contributed by atoms with Gasteiger partial charge in [0.25, 0.3) is 5.91 Å². The predicted molar refractivity (Wildman–Crippen MR) is 203 cm³/mol. The number of carbonyl (C=O) groups excluding carboxylic acids is 4. The van der Waals surface area contributed by atoms with Crippen molar-refractivity contribution < 1.29 is 28.3 Å². The molecule has 0 spiro atoms. The van der Waals surface area contributed by atoms with E-state index in [1.807, 2.05) is 26.0 Å². The third kappa shape index (κ3) is 7.75. The SMILES string of the molecule is CCn1nc(C)cc1C(=O)Cc1nc2cc(C(N)=O)cnc2n1C/C=C/Cn1c(NC(=O)c2cc(C)nn2CCF)nc2cc(C(N)=O)cc(OCC3CC3)c21. The number of nitrogens with two attached hydrogens (primary N) is 2. The monoisotopic (exact) mass is 764 g/mol. The lowest BCUT2D eigenvalue weighted by molar-refractivity contribution is 0.0975. The molecule has 1 saturated carbocycles. The van der Waals surface area contributed by atoms with Crippen LogP contribution in [0, 0.1) is 19.8 Å². The van der Waals surface area contributed by atoms with E-state index in [1.165, 1.54) is 23.0 Å². The van der Waals surface area contributed by atoms with Crippen molar-refractivity contribution in [2.24, 2.45) is 17.4 Å². The Labute approximate surface area is 319 Å². The summed E-state index contributed by atoms with van der Waals surface area (Å²) >= 11 is 0. The summed E-state index contributed by atoms with van der Waals surface area (Å²) in [5, 5.41) is 11.5. The van der Waals surface area contributed by atoms with Crippen LogP contribution in [0.2, 0.25) is 0 Å². The average Bonchev–Trinajstić information content (AvgIpc) is 3.46. The van der Waals surface area contributed by atoms with Gasteiger partial charge in [0, 0.05) is 31.4 Å². The number of halogens is 1. The molecule has 0 saturated heterocycles. The molecule has 1 aliphatic carbocycles. The van der Waals surface area contributed by atoms with Crippen molar-refractivity contribution in [2.75, 3.05) is 18.6 Å². The maximum atomic E-state index is 13.6. The van der Waals surface area contributed by atoms with Crippen LogP contribution in [0.3, 0.4) is 0 Å². The summed E-state index contributed by atoms with van der Waals surface area (Å²) in [5.74, 6) is -0.748. The number of nitrogens with one attached hydrogen (secondary N) is 1. The number of hydrogen-bond donors (Lipinski definition) is 3. The van der Waals surface area contributed by atoms with Crippen molar-refractivity contribution in [2.45, 2.75) is 66.2 Å². The third-order valence-corrected chi connectivity index (χ3v) is 9.42. The first-order valence-electron chi connectivity index (χ1n) is 18.2. The van der Waals surface area contributed by atoms with Crippen LogP contribution in [-0.2, 0) is 32.6 Å². The molecule has 3 amide bonds. The molecule has 1 aromatic carbocycles. The Morgan fingerprint density at radius 2 is 1.57 bits per heavy atom. The van der Waals surface area contributed by atoms with Crippen LogP contribution < -0.4 is 21.5 Å². The molecule has 0 unspecified atom stereocenters. The molecule has 290 valence electrons. The van der Waals surface area contributed by atoms with Crippen molar-refractivity contribution >= 4 is 51.7 Å². The zero-order chi connectivity index (χ0) is 39.7. The molecule has 0 bridgehead atoms. The highest BCUT2D eigenvalue weighted by Gasteiger charge is 2.26. The van der Waals surface area contributed by atoms with E-state index in [-0.39, 0.29) is 54.6 Å². The summed E-state index contributed by atoms with van der Waals surface area (Å²) in [5.41, 5.74) is 15.2. The Kier molecular flexibility index (Phi) is 10.4. The highest BCUT2D eigenvalue weighted by atomic mass is 19.1. The number of pyridine rings is 1. The molecular weight excluding hydrogens is 723 g/mol. The molecule has 6 aromatic rings. The van der Waals surface area contributed by atoms with Gasteiger partial charge in [0.15, 0.2) is 11.4 Å². The van der Waals surface area contributed by atoms with Gasteiger partial charge in [-0.15, -0.1) is 0 Å². The first-order chi connectivity index (χ1) is 26.9. The van der Waals surface area contributed by atoms with E-state index in [2.05, 4.69) is 30.5 Å². The number of alkyl halides is 1. The topological polar surface area (TPSA) is 226 Å². The van der Waals surface area contributed by atoms with Gasteiger partial charge < -0.3 is 25.3 Å². The number of primary amides is 2. The van der Waals surface area contributed by atoms with Gasteiger partial charge in [-0.1, -0.05) is 12.2 Å². The number of fused-ring (bicyclic) bond motifs is 2. The van der Waals surface area contributed by atoms with Crippen LogP contribution >= 0.6 is 0 Å². The molecule has 0 radical (unpaired) electrons. The number of aryl methyl sites for hydroxylation is 4. The fourth-order valence-corrected chi connectivity index (χ4v) is 6.52. The molecule has 5 aromatic heterocycles. The van der Waals surface area contributed by atoms with E-state index in [1.54, 1.807) is 38.9 Å². The number of ketones is 1. The van der Waals surface area contributed by atoms with Crippen molar-refractivity contribution in [3.05, 3.63) is 88.4 Å². The number of allylic oxidation sites excluding steroid dienone is 2. The van der Waals surface area contributed by atoms with Crippen LogP contribution in [-0.4, -0.2) is 80.4 Å². The largest absolute Gasteiger partial charge is 0.491 e. The molecule has 1 fully saturated rings. The number of ether oxygens (including phenoxy) is 1. The number of benzene rings is 1. The Balaban J connectivity index is 1.24. The second-order valence-corrected chi connectivity index (χ2v) is 13.7.